The average Bonchev–Trinajstić information content (AvgIpc) is 2.55. The molecule has 0 aliphatic heterocycles. The Hall–Kier alpha value is -3.42. The summed E-state index contributed by atoms with van der Waals surface area (Å²) in [6.07, 6.45) is 1.57. The van der Waals surface area contributed by atoms with E-state index >= 15 is 0 Å². The number of amides is 2. The zero-order valence-electron chi connectivity index (χ0n) is 12.9. The maximum absolute atomic E-state index is 11.6. The van der Waals surface area contributed by atoms with Crippen molar-refractivity contribution in [2.75, 3.05) is 17.2 Å². The molecular formula is C16H16N6O2. The Morgan fingerprint density at radius 2 is 2.00 bits per heavy atom. The van der Waals surface area contributed by atoms with Crippen LogP contribution in [0.5, 0.6) is 5.75 Å². The summed E-state index contributed by atoms with van der Waals surface area (Å²) in [5.41, 5.74) is 1.69. The fraction of sp³-hybridized carbons (Fsp3) is 0.125. The third kappa shape index (κ3) is 3.67. The number of phenolic OH excluding ortho intramolecular Hbond substituents is 1. The minimum absolute atomic E-state index is 0.153. The molecular weight excluding hydrogens is 308 g/mol. The van der Waals surface area contributed by atoms with Crippen LogP contribution in [0.25, 0.3) is 11.2 Å². The molecule has 0 radical (unpaired) electrons. The number of hydrogen-bond acceptors (Lipinski definition) is 6. The quantitative estimate of drug-likeness (QED) is 0.587. The molecule has 0 aliphatic carbocycles. The van der Waals surface area contributed by atoms with Crippen molar-refractivity contribution in [3.05, 3.63) is 42.6 Å². The third-order valence-electron chi connectivity index (χ3n) is 3.10. The lowest BCUT2D eigenvalue weighted by Crippen LogP contribution is -2.28. The molecule has 0 aliphatic rings. The van der Waals surface area contributed by atoms with Gasteiger partial charge in [0, 0.05) is 18.3 Å². The van der Waals surface area contributed by atoms with Crippen molar-refractivity contribution < 1.29 is 9.90 Å². The number of pyridine rings is 1. The van der Waals surface area contributed by atoms with Crippen LogP contribution in [0.15, 0.2) is 42.6 Å². The number of aromatic nitrogens is 3. The van der Waals surface area contributed by atoms with Gasteiger partial charge in [0.15, 0.2) is 11.5 Å². The van der Waals surface area contributed by atoms with Crippen molar-refractivity contribution in [2.24, 2.45) is 0 Å². The third-order valence-corrected chi connectivity index (χ3v) is 3.10. The van der Waals surface area contributed by atoms with E-state index in [1.54, 1.807) is 42.6 Å². The summed E-state index contributed by atoms with van der Waals surface area (Å²) in [4.78, 5) is 24.5. The predicted octanol–water partition coefficient (Wildman–Crippen LogP) is 2.62. The average molecular weight is 324 g/mol. The lowest BCUT2D eigenvalue weighted by Gasteiger charge is -2.08. The highest BCUT2D eigenvalue weighted by Gasteiger charge is 2.06. The van der Waals surface area contributed by atoms with Crippen molar-refractivity contribution in [3.63, 3.8) is 0 Å². The van der Waals surface area contributed by atoms with E-state index in [0.29, 0.717) is 35.0 Å². The minimum Gasteiger partial charge on any atom is -0.508 e. The fourth-order valence-electron chi connectivity index (χ4n) is 2.08. The molecule has 2 aromatic heterocycles. The molecule has 24 heavy (non-hydrogen) atoms. The molecule has 0 fully saturated rings. The number of anilines is 3. The van der Waals surface area contributed by atoms with E-state index < -0.39 is 0 Å². The molecule has 4 N–H and O–H groups in total. The van der Waals surface area contributed by atoms with Gasteiger partial charge in [-0.15, -0.1) is 0 Å². The van der Waals surface area contributed by atoms with Gasteiger partial charge in [0.1, 0.15) is 17.1 Å². The molecule has 8 nitrogen and oxygen atoms in total. The Balaban J connectivity index is 1.84. The van der Waals surface area contributed by atoms with E-state index in [2.05, 4.69) is 30.9 Å². The largest absolute Gasteiger partial charge is 0.508 e. The van der Waals surface area contributed by atoms with Crippen molar-refractivity contribution >= 4 is 34.5 Å². The van der Waals surface area contributed by atoms with Crippen molar-refractivity contribution in [1.82, 2.24) is 20.3 Å². The van der Waals surface area contributed by atoms with E-state index in [0.717, 1.165) is 0 Å². The predicted molar refractivity (Wildman–Crippen MR) is 91.4 cm³/mol. The summed E-state index contributed by atoms with van der Waals surface area (Å²) in [7, 11) is 0. The van der Waals surface area contributed by atoms with E-state index in [1.807, 2.05) is 6.92 Å². The van der Waals surface area contributed by atoms with Crippen LogP contribution in [0.1, 0.15) is 6.92 Å². The van der Waals surface area contributed by atoms with Crippen molar-refractivity contribution in [1.29, 1.82) is 0 Å². The SMILES string of the molecule is CCNC(=O)Nc1ccc2ncc(Nc3cccc(O)c3)nc2n1. The van der Waals surface area contributed by atoms with E-state index in [-0.39, 0.29) is 11.8 Å². The number of benzene rings is 1. The first-order valence-electron chi connectivity index (χ1n) is 7.39. The number of rotatable bonds is 4. The standard InChI is InChI=1S/C16H16N6O2/c1-2-17-16(24)22-13-7-6-12-15(20-13)21-14(9-18-12)19-10-4-3-5-11(23)8-10/h3-9,23H,2H2,1H3,(H3,17,19,20,21,22,24). The molecule has 1 aromatic carbocycles. The molecule has 122 valence electrons. The van der Waals surface area contributed by atoms with Crippen LogP contribution in [-0.4, -0.2) is 32.6 Å². The number of hydrogen-bond donors (Lipinski definition) is 4. The molecule has 3 rings (SSSR count). The van der Waals surface area contributed by atoms with Crippen LogP contribution in [-0.2, 0) is 0 Å². The van der Waals surface area contributed by atoms with Gasteiger partial charge in [0.25, 0.3) is 0 Å². The summed E-state index contributed by atoms with van der Waals surface area (Å²) >= 11 is 0. The van der Waals surface area contributed by atoms with E-state index in [9.17, 15) is 9.90 Å². The lowest BCUT2D eigenvalue weighted by atomic mass is 10.3. The summed E-state index contributed by atoms with van der Waals surface area (Å²) in [5, 5.41) is 17.8. The summed E-state index contributed by atoms with van der Waals surface area (Å²) in [6.45, 7) is 2.36. The molecule has 0 bridgehead atoms. The molecule has 0 unspecified atom stereocenters. The number of fused-ring (bicyclic) bond motifs is 1. The second-order valence-corrected chi connectivity index (χ2v) is 4.95. The number of nitrogens with zero attached hydrogens (tertiary/aromatic N) is 3. The molecule has 0 atom stereocenters. The van der Waals surface area contributed by atoms with Gasteiger partial charge < -0.3 is 15.7 Å². The zero-order chi connectivity index (χ0) is 16.9. The van der Waals surface area contributed by atoms with Crippen LogP contribution in [0.2, 0.25) is 0 Å². The first-order chi connectivity index (χ1) is 11.6. The number of nitrogens with one attached hydrogen (secondary N) is 3. The Morgan fingerprint density at radius 3 is 2.79 bits per heavy atom. The molecule has 0 spiro atoms. The molecule has 2 heterocycles. The van der Waals surface area contributed by atoms with Gasteiger partial charge in [0.05, 0.1) is 6.20 Å². The van der Waals surface area contributed by atoms with Crippen LogP contribution in [0.4, 0.5) is 22.1 Å². The van der Waals surface area contributed by atoms with Crippen LogP contribution in [0, 0.1) is 0 Å². The molecule has 8 heteroatoms. The van der Waals surface area contributed by atoms with E-state index in [4.69, 9.17) is 0 Å². The monoisotopic (exact) mass is 324 g/mol. The van der Waals surface area contributed by atoms with Gasteiger partial charge in [-0.25, -0.2) is 19.7 Å². The Kier molecular flexibility index (Phi) is 4.37. The summed E-state index contributed by atoms with van der Waals surface area (Å²) < 4.78 is 0. The van der Waals surface area contributed by atoms with Crippen molar-refractivity contribution in [3.8, 4) is 5.75 Å². The smallest absolute Gasteiger partial charge is 0.320 e. The molecule has 3 aromatic rings. The number of phenols is 1. The molecule has 0 saturated heterocycles. The minimum atomic E-state index is -0.327. The van der Waals surface area contributed by atoms with Gasteiger partial charge in [-0.3, -0.25) is 5.32 Å². The maximum atomic E-state index is 11.6. The highest BCUT2D eigenvalue weighted by molar-refractivity contribution is 5.89. The lowest BCUT2D eigenvalue weighted by molar-refractivity contribution is 0.252. The number of urea groups is 1. The van der Waals surface area contributed by atoms with Crippen LogP contribution >= 0.6 is 0 Å². The second kappa shape index (κ2) is 6.78. The van der Waals surface area contributed by atoms with E-state index in [1.165, 1.54) is 0 Å². The van der Waals surface area contributed by atoms with Gasteiger partial charge in [-0.2, -0.15) is 0 Å². The topological polar surface area (TPSA) is 112 Å². The van der Waals surface area contributed by atoms with Crippen LogP contribution < -0.4 is 16.0 Å². The number of carbonyl (C=O) groups is 1. The zero-order valence-corrected chi connectivity index (χ0v) is 12.9. The highest BCUT2D eigenvalue weighted by Crippen LogP contribution is 2.20. The molecule has 0 saturated carbocycles. The second-order valence-electron chi connectivity index (χ2n) is 4.95. The first kappa shape index (κ1) is 15.5. The van der Waals surface area contributed by atoms with Crippen molar-refractivity contribution in [2.45, 2.75) is 6.92 Å². The van der Waals surface area contributed by atoms with Gasteiger partial charge in [-0.05, 0) is 31.2 Å². The number of carbonyl (C=O) groups excluding carboxylic acids is 1. The maximum Gasteiger partial charge on any atom is 0.320 e. The summed E-state index contributed by atoms with van der Waals surface area (Å²) in [5.74, 6) is 1.02. The number of aromatic hydroxyl groups is 1. The van der Waals surface area contributed by atoms with Gasteiger partial charge in [0.2, 0.25) is 0 Å². The van der Waals surface area contributed by atoms with Gasteiger partial charge >= 0.3 is 6.03 Å². The van der Waals surface area contributed by atoms with Crippen LogP contribution in [0.3, 0.4) is 0 Å². The first-order valence-corrected chi connectivity index (χ1v) is 7.39. The fourth-order valence-corrected chi connectivity index (χ4v) is 2.08. The Bertz CT molecular complexity index is 883. The molecule has 2 amide bonds. The van der Waals surface area contributed by atoms with Gasteiger partial charge in [-0.1, -0.05) is 6.07 Å². The highest BCUT2D eigenvalue weighted by atomic mass is 16.3. The Morgan fingerprint density at radius 1 is 1.17 bits per heavy atom. The summed E-state index contributed by atoms with van der Waals surface area (Å²) in [6, 6.07) is 9.74. The normalized spacial score (nSPS) is 10.4. The Labute approximate surface area is 138 Å².